The van der Waals surface area contributed by atoms with Crippen LogP contribution >= 0.6 is 11.8 Å². The van der Waals surface area contributed by atoms with Crippen LogP contribution in [0.3, 0.4) is 0 Å². The third-order valence-electron chi connectivity index (χ3n) is 6.68. The van der Waals surface area contributed by atoms with Crippen molar-refractivity contribution < 1.29 is 24.4 Å². The molecule has 5 nitrogen and oxygen atoms in total. The molecule has 8 atom stereocenters. The number of hydrogen-bond donors (Lipinski definition) is 1. The lowest BCUT2D eigenvalue weighted by Gasteiger charge is -2.60. The van der Waals surface area contributed by atoms with Crippen LogP contribution in [0.5, 0.6) is 0 Å². The van der Waals surface area contributed by atoms with Crippen molar-refractivity contribution in [2.45, 2.75) is 76.0 Å². The molecule has 1 N–H and O–H groups in total. The maximum Gasteiger partial charge on any atom is 0.201 e. The van der Waals surface area contributed by atoms with E-state index in [0.717, 1.165) is 31.4 Å². The van der Waals surface area contributed by atoms with Gasteiger partial charge in [-0.1, -0.05) is 13.8 Å². The zero-order valence-electron chi connectivity index (χ0n) is 14.9. The minimum atomic E-state index is -0.696. The van der Waals surface area contributed by atoms with E-state index in [0.29, 0.717) is 23.7 Å². The van der Waals surface area contributed by atoms with Crippen molar-refractivity contribution in [3.05, 3.63) is 0 Å². The van der Waals surface area contributed by atoms with E-state index >= 15 is 0 Å². The summed E-state index contributed by atoms with van der Waals surface area (Å²) in [6.45, 7) is 6.81. The Morgan fingerprint density at radius 2 is 1.96 bits per heavy atom. The molecule has 5 rings (SSSR count). The number of aliphatic hydroxyl groups excluding tert-OH is 1. The predicted octanol–water partition coefficient (Wildman–Crippen LogP) is 3.31. The second-order valence-corrected chi connectivity index (χ2v) is 9.43. The summed E-state index contributed by atoms with van der Waals surface area (Å²) in [7, 11) is 0. The molecule has 138 valence electrons. The van der Waals surface area contributed by atoms with E-state index in [9.17, 15) is 0 Å². The summed E-state index contributed by atoms with van der Waals surface area (Å²) < 4.78 is 12.8. The summed E-state index contributed by atoms with van der Waals surface area (Å²) in [6, 6.07) is 0. The largest absolute Gasteiger partial charge is 0.396 e. The van der Waals surface area contributed by atoms with E-state index in [4.69, 9.17) is 24.4 Å². The van der Waals surface area contributed by atoms with Gasteiger partial charge < -0.3 is 14.6 Å². The van der Waals surface area contributed by atoms with Crippen LogP contribution < -0.4 is 0 Å². The lowest BCUT2D eigenvalue weighted by atomic mass is 9.58. The number of thioether (sulfide) groups is 1. The van der Waals surface area contributed by atoms with Crippen LogP contribution in [0.2, 0.25) is 0 Å². The third kappa shape index (κ3) is 2.57. The van der Waals surface area contributed by atoms with Gasteiger partial charge in [0.1, 0.15) is 5.44 Å². The van der Waals surface area contributed by atoms with Crippen molar-refractivity contribution in [1.82, 2.24) is 0 Å². The van der Waals surface area contributed by atoms with E-state index in [2.05, 4.69) is 13.8 Å². The Balaban J connectivity index is 1.64. The molecule has 5 fully saturated rings. The predicted molar refractivity (Wildman–Crippen MR) is 91.0 cm³/mol. The van der Waals surface area contributed by atoms with Crippen LogP contribution in [-0.4, -0.2) is 40.6 Å². The molecule has 24 heavy (non-hydrogen) atoms. The van der Waals surface area contributed by atoms with Gasteiger partial charge >= 0.3 is 0 Å². The van der Waals surface area contributed by atoms with E-state index in [-0.39, 0.29) is 18.3 Å². The zero-order valence-corrected chi connectivity index (χ0v) is 15.7. The van der Waals surface area contributed by atoms with Crippen molar-refractivity contribution in [1.29, 1.82) is 0 Å². The van der Waals surface area contributed by atoms with Crippen molar-refractivity contribution in [3.63, 3.8) is 0 Å². The van der Waals surface area contributed by atoms with Crippen molar-refractivity contribution >= 4 is 11.8 Å². The standard InChI is InChI=1S/C18H30O5S/c1-11-5-6-14-12(2)15(24-10-4-9-19)20-16-18(14)13(11)7-8-17(3,21-16)22-23-18/h11-16,19H,4-10H2,1-3H3/t11-,12-,13+,14+,15+,16-,17?,18-/m1/s1. The first-order valence-electron chi connectivity index (χ1n) is 9.43. The number of fused-ring (bicyclic) bond motifs is 2. The molecule has 0 amide bonds. The summed E-state index contributed by atoms with van der Waals surface area (Å²) >= 11 is 1.80. The molecule has 2 bridgehead atoms. The Morgan fingerprint density at radius 1 is 1.12 bits per heavy atom. The second kappa shape index (κ2) is 6.39. The topological polar surface area (TPSA) is 57.2 Å². The van der Waals surface area contributed by atoms with Crippen LogP contribution in [0.25, 0.3) is 0 Å². The average molecular weight is 359 g/mol. The van der Waals surface area contributed by atoms with Gasteiger partial charge in [-0.3, -0.25) is 0 Å². The zero-order chi connectivity index (χ0) is 16.9. The van der Waals surface area contributed by atoms with Gasteiger partial charge in [0.15, 0.2) is 11.9 Å². The van der Waals surface area contributed by atoms with E-state index in [1.165, 1.54) is 6.42 Å². The van der Waals surface area contributed by atoms with Crippen LogP contribution in [0, 0.1) is 23.7 Å². The summed E-state index contributed by atoms with van der Waals surface area (Å²) in [5, 5.41) is 9.06. The fourth-order valence-corrected chi connectivity index (χ4v) is 6.53. The molecule has 0 aromatic rings. The van der Waals surface area contributed by atoms with Gasteiger partial charge in [0.25, 0.3) is 0 Å². The monoisotopic (exact) mass is 358 g/mol. The van der Waals surface area contributed by atoms with Crippen LogP contribution in [-0.2, 0) is 19.2 Å². The lowest BCUT2D eigenvalue weighted by Crippen LogP contribution is -2.70. The Kier molecular flexibility index (Phi) is 4.68. The first-order chi connectivity index (χ1) is 11.5. The highest BCUT2D eigenvalue weighted by atomic mass is 32.2. The van der Waals surface area contributed by atoms with Crippen LogP contribution in [0.1, 0.15) is 52.9 Å². The first kappa shape index (κ1) is 17.6. The Bertz CT molecular complexity index is 476. The highest BCUT2D eigenvalue weighted by Gasteiger charge is 2.69. The van der Waals surface area contributed by atoms with Crippen molar-refractivity contribution in [2.75, 3.05) is 12.4 Å². The summed E-state index contributed by atoms with van der Waals surface area (Å²) in [5.74, 6) is 2.02. The molecule has 4 heterocycles. The first-order valence-corrected chi connectivity index (χ1v) is 10.5. The van der Waals surface area contributed by atoms with Gasteiger partial charge in [0, 0.05) is 18.9 Å². The molecule has 4 saturated heterocycles. The molecule has 0 radical (unpaired) electrons. The van der Waals surface area contributed by atoms with Crippen molar-refractivity contribution in [3.8, 4) is 0 Å². The number of aliphatic hydroxyl groups is 1. The minimum Gasteiger partial charge on any atom is -0.396 e. The smallest absolute Gasteiger partial charge is 0.201 e. The molecular weight excluding hydrogens is 328 g/mol. The molecule has 5 aliphatic rings. The van der Waals surface area contributed by atoms with Gasteiger partial charge in [-0.2, -0.15) is 0 Å². The summed E-state index contributed by atoms with van der Waals surface area (Å²) in [4.78, 5) is 12.0. The Morgan fingerprint density at radius 3 is 2.75 bits per heavy atom. The van der Waals surface area contributed by atoms with E-state index in [1.807, 2.05) is 6.92 Å². The molecule has 6 heteroatoms. The highest BCUT2D eigenvalue weighted by Crippen LogP contribution is 2.61. The van der Waals surface area contributed by atoms with E-state index < -0.39 is 11.4 Å². The van der Waals surface area contributed by atoms with Crippen molar-refractivity contribution in [2.24, 2.45) is 23.7 Å². The van der Waals surface area contributed by atoms with Crippen LogP contribution in [0.15, 0.2) is 0 Å². The van der Waals surface area contributed by atoms with Gasteiger partial charge in [-0.05, 0) is 56.1 Å². The molecule has 0 aromatic heterocycles. The number of ether oxygens (including phenoxy) is 2. The molecule has 4 aliphatic heterocycles. The minimum absolute atomic E-state index is 0.0952. The fraction of sp³-hybridized carbons (Fsp3) is 1.00. The normalized spacial score (nSPS) is 53.5. The molecule has 1 aliphatic carbocycles. The molecule has 1 spiro atoms. The molecule has 0 aromatic carbocycles. The summed E-state index contributed by atoms with van der Waals surface area (Å²) in [6.07, 6.45) is 4.76. The molecular formula is C18H30O5S. The fourth-order valence-electron chi connectivity index (χ4n) is 5.33. The summed E-state index contributed by atoms with van der Waals surface area (Å²) in [5.41, 5.74) is -0.362. The number of rotatable bonds is 4. The van der Waals surface area contributed by atoms with E-state index in [1.54, 1.807) is 11.8 Å². The van der Waals surface area contributed by atoms with Gasteiger partial charge in [-0.15, -0.1) is 11.8 Å². The second-order valence-electron chi connectivity index (χ2n) is 8.22. The average Bonchev–Trinajstić information content (AvgIpc) is 2.78. The maximum absolute atomic E-state index is 9.06. The SMILES string of the molecule is C[C@H]1[C@H](SCCCO)O[C@@H]2OC3(C)CC[C@H]4[C@H](C)CC[C@@H]1[C@@]24OO3. The molecule has 1 saturated carbocycles. The lowest BCUT2D eigenvalue weighted by molar-refractivity contribution is -0.568. The molecule has 1 unspecified atom stereocenters. The van der Waals surface area contributed by atoms with Gasteiger partial charge in [0.05, 0.1) is 0 Å². The Hall–Kier alpha value is 0.150. The highest BCUT2D eigenvalue weighted by molar-refractivity contribution is 7.99. The van der Waals surface area contributed by atoms with Crippen LogP contribution in [0.4, 0.5) is 0 Å². The third-order valence-corrected chi connectivity index (χ3v) is 8.08. The van der Waals surface area contributed by atoms with Gasteiger partial charge in [0.2, 0.25) is 5.79 Å². The van der Waals surface area contributed by atoms with Gasteiger partial charge in [-0.25, -0.2) is 9.78 Å². The maximum atomic E-state index is 9.06. The quantitative estimate of drug-likeness (QED) is 0.615. The Labute approximate surface area is 148 Å². The number of hydrogen-bond acceptors (Lipinski definition) is 6.